The van der Waals surface area contributed by atoms with Gasteiger partial charge in [-0.2, -0.15) is 5.26 Å². The second-order valence-electron chi connectivity index (χ2n) is 5.65. The van der Waals surface area contributed by atoms with E-state index in [1.165, 1.54) is 5.69 Å². The van der Waals surface area contributed by atoms with Gasteiger partial charge in [0.15, 0.2) is 0 Å². The van der Waals surface area contributed by atoms with Crippen LogP contribution in [0.4, 0.5) is 5.69 Å². The highest BCUT2D eigenvalue weighted by Gasteiger charge is 2.47. The van der Waals surface area contributed by atoms with E-state index in [1.54, 1.807) is 0 Å². The van der Waals surface area contributed by atoms with Gasteiger partial charge < -0.3 is 10.0 Å². The molecule has 1 unspecified atom stereocenters. The maximum absolute atomic E-state index is 10.8. The summed E-state index contributed by atoms with van der Waals surface area (Å²) >= 11 is 0. The molecule has 0 saturated carbocycles. The average molecular weight is 258 g/mol. The molecule has 1 aromatic carbocycles. The fourth-order valence-electron chi connectivity index (χ4n) is 2.84. The first-order valence-corrected chi connectivity index (χ1v) is 6.98. The number of rotatable bonds is 3. The first-order chi connectivity index (χ1) is 9.04. The molecule has 1 aliphatic heterocycles. The maximum Gasteiger partial charge on any atom is 0.0864 e. The fraction of sp³-hybridized carbons (Fsp3) is 0.562. The highest BCUT2D eigenvalue weighted by atomic mass is 16.3. The van der Waals surface area contributed by atoms with E-state index in [4.69, 9.17) is 0 Å². The zero-order valence-electron chi connectivity index (χ0n) is 11.8. The predicted octanol–water partition coefficient (Wildman–Crippen LogP) is 2.96. The first kappa shape index (κ1) is 13.9. The molecular formula is C16H22N2O. The predicted molar refractivity (Wildman–Crippen MR) is 76.8 cm³/mol. The van der Waals surface area contributed by atoms with E-state index < -0.39 is 11.0 Å². The van der Waals surface area contributed by atoms with Crippen LogP contribution in [0.1, 0.15) is 33.1 Å². The quantitative estimate of drug-likeness (QED) is 0.906. The van der Waals surface area contributed by atoms with Crippen LogP contribution in [0.15, 0.2) is 30.3 Å². The highest BCUT2D eigenvalue weighted by molar-refractivity contribution is 5.46. The summed E-state index contributed by atoms with van der Waals surface area (Å²) in [6.07, 6.45) is 1.99. The minimum absolute atomic E-state index is 0.643. The highest BCUT2D eigenvalue weighted by Crippen LogP contribution is 2.42. The summed E-state index contributed by atoms with van der Waals surface area (Å²) in [7, 11) is 0. The SMILES string of the molecule is CCC(C)(C#N)C1(O)CCN(c2ccccc2)CC1. The van der Waals surface area contributed by atoms with Crippen molar-refractivity contribution in [3.05, 3.63) is 30.3 Å². The Kier molecular flexibility index (Phi) is 3.82. The van der Waals surface area contributed by atoms with Crippen molar-refractivity contribution in [3.8, 4) is 6.07 Å². The van der Waals surface area contributed by atoms with E-state index >= 15 is 0 Å². The topological polar surface area (TPSA) is 47.3 Å². The lowest BCUT2D eigenvalue weighted by atomic mass is 9.67. The van der Waals surface area contributed by atoms with E-state index in [0.717, 1.165) is 13.1 Å². The number of nitrogens with zero attached hydrogens (tertiary/aromatic N) is 2. The van der Waals surface area contributed by atoms with Crippen molar-refractivity contribution in [1.29, 1.82) is 5.26 Å². The standard InChI is InChI=1S/C16H22N2O/c1-3-15(2,13-17)16(19)9-11-18(12-10-16)14-7-5-4-6-8-14/h4-8,19H,3,9-12H2,1-2H3. The molecule has 0 aliphatic carbocycles. The molecule has 1 heterocycles. The number of piperidine rings is 1. The number of anilines is 1. The number of benzene rings is 1. The molecule has 1 atom stereocenters. The van der Waals surface area contributed by atoms with Crippen LogP contribution in [-0.4, -0.2) is 23.8 Å². The molecule has 1 aliphatic rings. The van der Waals surface area contributed by atoms with Crippen LogP contribution < -0.4 is 4.90 Å². The zero-order valence-corrected chi connectivity index (χ0v) is 11.8. The Bertz CT molecular complexity index is 457. The van der Waals surface area contributed by atoms with Crippen molar-refractivity contribution < 1.29 is 5.11 Å². The van der Waals surface area contributed by atoms with Gasteiger partial charge in [0.1, 0.15) is 0 Å². The lowest BCUT2D eigenvalue weighted by molar-refractivity contribution is -0.0672. The number of aliphatic hydroxyl groups is 1. The fourth-order valence-corrected chi connectivity index (χ4v) is 2.84. The monoisotopic (exact) mass is 258 g/mol. The minimum atomic E-state index is -0.859. The lowest BCUT2D eigenvalue weighted by Gasteiger charge is -2.46. The van der Waals surface area contributed by atoms with Crippen LogP contribution in [0.25, 0.3) is 0 Å². The van der Waals surface area contributed by atoms with Crippen molar-refractivity contribution in [1.82, 2.24) is 0 Å². The molecule has 0 aromatic heterocycles. The van der Waals surface area contributed by atoms with E-state index in [-0.39, 0.29) is 0 Å². The van der Waals surface area contributed by atoms with Crippen molar-refractivity contribution in [3.63, 3.8) is 0 Å². The third kappa shape index (κ3) is 2.46. The molecular weight excluding hydrogens is 236 g/mol. The molecule has 1 aromatic rings. The van der Waals surface area contributed by atoms with Gasteiger partial charge in [0.25, 0.3) is 0 Å². The molecule has 102 valence electrons. The maximum atomic E-state index is 10.8. The molecule has 1 saturated heterocycles. The average Bonchev–Trinajstić information content (AvgIpc) is 2.48. The lowest BCUT2D eigenvalue weighted by Crippen LogP contribution is -2.53. The molecule has 19 heavy (non-hydrogen) atoms. The summed E-state index contributed by atoms with van der Waals surface area (Å²) in [6.45, 7) is 5.46. The molecule has 0 radical (unpaired) electrons. The number of hydrogen-bond donors (Lipinski definition) is 1. The molecule has 3 nitrogen and oxygen atoms in total. The zero-order chi connectivity index (χ0) is 13.9. The van der Waals surface area contributed by atoms with Crippen LogP contribution in [0.5, 0.6) is 0 Å². The normalized spacial score (nSPS) is 21.5. The third-order valence-electron chi connectivity index (χ3n) is 4.69. The van der Waals surface area contributed by atoms with Gasteiger partial charge in [-0.3, -0.25) is 0 Å². The van der Waals surface area contributed by atoms with E-state index in [2.05, 4.69) is 23.1 Å². The van der Waals surface area contributed by atoms with Crippen LogP contribution >= 0.6 is 0 Å². The minimum Gasteiger partial charge on any atom is -0.388 e. The summed E-state index contributed by atoms with van der Waals surface area (Å²) in [5.74, 6) is 0. The van der Waals surface area contributed by atoms with E-state index in [1.807, 2.05) is 32.0 Å². The smallest absolute Gasteiger partial charge is 0.0864 e. The first-order valence-electron chi connectivity index (χ1n) is 6.98. The molecule has 0 spiro atoms. The molecule has 1 fully saturated rings. The van der Waals surface area contributed by atoms with E-state index in [9.17, 15) is 10.4 Å². The van der Waals surface area contributed by atoms with Gasteiger partial charge in [-0.25, -0.2) is 0 Å². The van der Waals surface area contributed by atoms with Crippen molar-refractivity contribution in [2.24, 2.45) is 5.41 Å². The Morgan fingerprint density at radius 2 is 1.89 bits per heavy atom. The molecule has 2 rings (SSSR count). The van der Waals surface area contributed by atoms with Gasteiger partial charge in [-0.1, -0.05) is 25.1 Å². The van der Waals surface area contributed by atoms with Crippen LogP contribution in [0, 0.1) is 16.7 Å². The summed E-state index contributed by atoms with van der Waals surface area (Å²) < 4.78 is 0. The van der Waals surface area contributed by atoms with Gasteiger partial charge in [0, 0.05) is 18.8 Å². The van der Waals surface area contributed by atoms with Crippen LogP contribution in [-0.2, 0) is 0 Å². The summed E-state index contributed by atoms with van der Waals surface area (Å²) in [4.78, 5) is 2.28. The molecule has 0 amide bonds. The van der Waals surface area contributed by atoms with Gasteiger partial charge in [0.05, 0.1) is 17.1 Å². The molecule has 1 N–H and O–H groups in total. The Hall–Kier alpha value is -1.53. The molecule has 3 heteroatoms. The number of hydrogen-bond acceptors (Lipinski definition) is 3. The van der Waals surface area contributed by atoms with Crippen molar-refractivity contribution >= 4 is 5.69 Å². The Balaban J connectivity index is 2.09. The van der Waals surface area contributed by atoms with E-state index in [0.29, 0.717) is 19.3 Å². The van der Waals surface area contributed by atoms with Crippen LogP contribution in [0.3, 0.4) is 0 Å². The third-order valence-corrected chi connectivity index (χ3v) is 4.69. The van der Waals surface area contributed by atoms with Gasteiger partial charge in [-0.05, 0) is 38.3 Å². The van der Waals surface area contributed by atoms with Crippen molar-refractivity contribution in [2.75, 3.05) is 18.0 Å². The molecule has 0 bridgehead atoms. The van der Waals surface area contributed by atoms with Crippen molar-refractivity contribution in [2.45, 2.75) is 38.7 Å². The Morgan fingerprint density at radius 1 is 1.32 bits per heavy atom. The summed E-state index contributed by atoms with van der Waals surface area (Å²) in [6, 6.07) is 12.6. The second kappa shape index (κ2) is 5.22. The van der Waals surface area contributed by atoms with Gasteiger partial charge in [-0.15, -0.1) is 0 Å². The summed E-state index contributed by atoms with van der Waals surface area (Å²) in [5.41, 5.74) is -0.308. The van der Waals surface area contributed by atoms with Gasteiger partial charge in [0.2, 0.25) is 0 Å². The van der Waals surface area contributed by atoms with Gasteiger partial charge >= 0.3 is 0 Å². The number of para-hydroxylation sites is 1. The summed E-state index contributed by atoms with van der Waals surface area (Å²) in [5, 5.41) is 20.2. The number of nitriles is 1. The largest absolute Gasteiger partial charge is 0.388 e. The Morgan fingerprint density at radius 3 is 2.37 bits per heavy atom. The Labute approximate surface area is 115 Å². The van der Waals surface area contributed by atoms with Crippen LogP contribution in [0.2, 0.25) is 0 Å². The second-order valence-corrected chi connectivity index (χ2v) is 5.65.